The predicted molar refractivity (Wildman–Crippen MR) is 91.8 cm³/mol. The summed E-state index contributed by atoms with van der Waals surface area (Å²) in [6, 6.07) is 13.5. The van der Waals surface area contributed by atoms with Gasteiger partial charge in [0.05, 0.1) is 18.2 Å². The van der Waals surface area contributed by atoms with Gasteiger partial charge in [0.1, 0.15) is 22.0 Å². The van der Waals surface area contributed by atoms with E-state index in [4.69, 9.17) is 21.6 Å². The number of fused-ring (bicyclic) bond motifs is 1. The van der Waals surface area contributed by atoms with Crippen LogP contribution in [0.15, 0.2) is 47.6 Å². The van der Waals surface area contributed by atoms with Gasteiger partial charge in [0, 0.05) is 23.4 Å². The fourth-order valence-corrected chi connectivity index (χ4v) is 3.32. The molecule has 114 valence electrons. The molecule has 0 aliphatic heterocycles. The summed E-state index contributed by atoms with van der Waals surface area (Å²) < 4.78 is 5.16. The van der Waals surface area contributed by atoms with E-state index < -0.39 is 0 Å². The minimum Gasteiger partial charge on any atom is -0.497 e. The highest BCUT2D eigenvalue weighted by Crippen LogP contribution is 2.30. The van der Waals surface area contributed by atoms with Gasteiger partial charge in [-0.2, -0.15) is 5.26 Å². The number of hydrogen-bond donors (Lipinski definition) is 0. The van der Waals surface area contributed by atoms with Crippen LogP contribution in [0.4, 0.5) is 0 Å². The molecule has 0 atom stereocenters. The number of methoxy groups -OCH3 is 1. The first-order valence-corrected chi connectivity index (χ1v) is 8.18. The van der Waals surface area contributed by atoms with Crippen LogP contribution >= 0.6 is 23.4 Å². The normalized spacial score (nSPS) is 10.5. The lowest BCUT2D eigenvalue weighted by atomic mass is 10.2. The van der Waals surface area contributed by atoms with Gasteiger partial charge in [-0.1, -0.05) is 23.7 Å². The summed E-state index contributed by atoms with van der Waals surface area (Å²) in [5.41, 5.74) is 2.39. The Labute approximate surface area is 143 Å². The van der Waals surface area contributed by atoms with Crippen molar-refractivity contribution in [3.05, 3.63) is 58.9 Å². The van der Waals surface area contributed by atoms with Gasteiger partial charge in [0.2, 0.25) is 0 Å². The van der Waals surface area contributed by atoms with Crippen molar-refractivity contribution in [1.82, 2.24) is 9.97 Å². The second-order valence-corrected chi connectivity index (χ2v) is 6.14. The van der Waals surface area contributed by atoms with E-state index in [1.54, 1.807) is 31.0 Å². The fraction of sp³-hybridized carbons (Fsp3) is 0.118. The van der Waals surface area contributed by atoms with Gasteiger partial charge in [-0.05, 0) is 23.8 Å². The lowest BCUT2D eigenvalue weighted by molar-refractivity contribution is 0.414. The molecular weight excluding hydrogens is 330 g/mol. The zero-order chi connectivity index (χ0) is 16.2. The van der Waals surface area contributed by atoms with Crippen molar-refractivity contribution in [3.63, 3.8) is 0 Å². The molecule has 0 spiro atoms. The number of nitriles is 1. The van der Waals surface area contributed by atoms with Gasteiger partial charge < -0.3 is 4.74 Å². The topological polar surface area (TPSA) is 58.8 Å². The molecule has 0 unspecified atom stereocenters. The minimum atomic E-state index is 0.395. The molecule has 0 amide bonds. The van der Waals surface area contributed by atoms with E-state index >= 15 is 0 Å². The molecule has 0 bridgehead atoms. The average Bonchev–Trinajstić information content (AvgIpc) is 2.59. The SMILES string of the molecule is COc1ccc(CSc2nc(Cl)cc3ncc(C#N)cc23)cc1. The number of aromatic nitrogens is 2. The number of pyridine rings is 2. The summed E-state index contributed by atoms with van der Waals surface area (Å²) in [7, 11) is 1.64. The van der Waals surface area contributed by atoms with Crippen molar-refractivity contribution >= 4 is 34.3 Å². The fourth-order valence-electron chi connectivity index (χ4n) is 2.11. The molecule has 23 heavy (non-hydrogen) atoms. The number of halogens is 1. The van der Waals surface area contributed by atoms with Gasteiger partial charge >= 0.3 is 0 Å². The molecule has 0 N–H and O–H groups in total. The lowest BCUT2D eigenvalue weighted by Gasteiger charge is -2.07. The number of hydrogen-bond acceptors (Lipinski definition) is 5. The van der Waals surface area contributed by atoms with Crippen LogP contribution < -0.4 is 4.74 Å². The summed E-state index contributed by atoms with van der Waals surface area (Å²) in [4.78, 5) is 8.65. The van der Waals surface area contributed by atoms with Crippen LogP contribution in [0.3, 0.4) is 0 Å². The molecule has 2 heterocycles. The van der Waals surface area contributed by atoms with Crippen molar-refractivity contribution in [2.45, 2.75) is 10.8 Å². The highest BCUT2D eigenvalue weighted by Gasteiger charge is 2.09. The van der Waals surface area contributed by atoms with Crippen molar-refractivity contribution in [2.75, 3.05) is 7.11 Å². The van der Waals surface area contributed by atoms with Gasteiger partial charge in [0.15, 0.2) is 0 Å². The van der Waals surface area contributed by atoms with E-state index in [2.05, 4.69) is 16.0 Å². The first kappa shape index (κ1) is 15.6. The Hall–Kier alpha value is -2.29. The summed E-state index contributed by atoms with van der Waals surface area (Å²) in [6.45, 7) is 0. The van der Waals surface area contributed by atoms with Crippen LogP contribution in [-0.2, 0) is 5.75 Å². The number of ether oxygens (including phenoxy) is 1. The second kappa shape index (κ2) is 6.86. The zero-order valence-corrected chi connectivity index (χ0v) is 13.9. The molecule has 0 saturated heterocycles. The summed E-state index contributed by atoms with van der Waals surface area (Å²) >= 11 is 7.64. The third-order valence-electron chi connectivity index (χ3n) is 3.28. The van der Waals surface area contributed by atoms with E-state index in [-0.39, 0.29) is 0 Å². The highest BCUT2D eigenvalue weighted by atomic mass is 35.5. The monoisotopic (exact) mass is 341 g/mol. The highest BCUT2D eigenvalue weighted by molar-refractivity contribution is 7.98. The molecular formula is C17H12ClN3OS. The van der Waals surface area contributed by atoms with Crippen LogP contribution in [0.1, 0.15) is 11.1 Å². The zero-order valence-electron chi connectivity index (χ0n) is 12.3. The molecule has 0 aliphatic carbocycles. The quantitative estimate of drug-likeness (QED) is 0.518. The molecule has 0 fully saturated rings. The Balaban J connectivity index is 1.90. The first-order valence-electron chi connectivity index (χ1n) is 6.82. The van der Waals surface area contributed by atoms with Crippen molar-refractivity contribution in [1.29, 1.82) is 5.26 Å². The molecule has 2 aromatic heterocycles. The maximum absolute atomic E-state index is 9.04. The average molecular weight is 342 g/mol. The third kappa shape index (κ3) is 3.55. The summed E-state index contributed by atoms with van der Waals surface area (Å²) in [6.07, 6.45) is 1.54. The maximum Gasteiger partial charge on any atom is 0.132 e. The van der Waals surface area contributed by atoms with Crippen molar-refractivity contribution in [2.24, 2.45) is 0 Å². The maximum atomic E-state index is 9.04. The Morgan fingerprint density at radius 3 is 2.74 bits per heavy atom. The first-order chi connectivity index (χ1) is 11.2. The third-order valence-corrected chi connectivity index (χ3v) is 4.53. The molecule has 1 aromatic carbocycles. The predicted octanol–water partition coefficient (Wildman–Crippen LogP) is 4.46. The van der Waals surface area contributed by atoms with Crippen LogP contribution in [-0.4, -0.2) is 17.1 Å². The summed E-state index contributed by atoms with van der Waals surface area (Å²) in [5, 5.41) is 11.1. The van der Waals surface area contributed by atoms with E-state index in [1.165, 1.54) is 6.20 Å². The Bertz CT molecular complexity index is 891. The van der Waals surface area contributed by atoms with Gasteiger partial charge in [0.25, 0.3) is 0 Å². The Kier molecular flexibility index (Phi) is 4.65. The minimum absolute atomic E-state index is 0.395. The van der Waals surface area contributed by atoms with E-state index in [0.717, 1.165) is 33.0 Å². The molecule has 6 heteroatoms. The van der Waals surface area contributed by atoms with E-state index in [1.807, 2.05) is 24.3 Å². The van der Waals surface area contributed by atoms with E-state index in [9.17, 15) is 0 Å². The number of rotatable bonds is 4. The van der Waals surface area contributed by atoms with Crippen LogP contribution in [0.25, 0.3) is 10.9 Å². The standard InChI is InChI=1S/C17H12ClN3OS/c1-22-13-4-2-11(3-5-13)10-23-17-14-6-12(8-19)9-20-15(14)7-16(18)21-17/h2-7,9H,10H2,1H3. The number of thioether (sulfide) groups is 1. The molecule has 0 aliphatic rings. The van der Waals surface area contributed by atoms with Crippen molar-refractivity contribution < 1.29 is 4.74 Å². The van der Waals surface area contributed by atoms with Gasteiger partial charge in [-0.15, -0.1) is 11.8 Å². The van der Waals surface area contributed by atoms with Gasteiger partial charge in [-0.25, -0.2) is 4.98 Å². The smallest absolute Gasteiger partial charge is 0.132 e. The number of nitrogens with zero attached hydrogens (tertiary/aromatic N) is 3. The molecule has 0 radical (unpaired) electrons. The van der Waals surface area contributed by atoms with Crippen LogP contribution in [0.2, 0.25) is 5.15 Å². The Morgan fingerprint density at radius 1 is 1.26 bits per heavy atom. The molecule has 4 nitrogen and oxygen atoms in total. The van der Waals surface area contributed by atoms with Crippen LogP contribution in [0, 0.1) is 11.3 Å². The Morgan fingerprint density at radius 2 is 2.04 bits per heavy atom. The lowest BCUT2D eigenvalue weighted by Crippen LogP contribution is -1.90. The molecule has 3 rings (SSSR count). The molecule has 3 aromatic rings. The van der Waals surface area contributed by atoms with E-state index in [0.29, 0.717) is 10.7 Å². The summed E-state index contributed by atoms with van der Waals surface area (Å²) in [5.74, 6) is 1.57. The second-order valence-electron chi connectivity index (χ2n) is 4.79. The molecule has 0 saturated carbocycles. The van der Waals surface area contributed by atoms with Gasteiger partial charge in [-0.3, -0.25) is 4.98 Å². The largest absolute Gasteiger partial charge is 0.497 e. The van der Waals surface area contributed by atoms with Crippen molar-refractivity contribution in [3.8, 4) is 11.8 Å². The van der Waals surface area contributed by atoms with Crippen LogP contribution in [0.5, 0.6) is 5.75 Å². The number of benzene rings is 1.